The molecular formula is C24H21NO6. The summed E-state index contributed by atoms with van der Waals surface area (Å²) in [5.41, 5.74) is 1.44. The predicted octanol–water partition coefficient (Wildman–Crippen LogP) is 4.00. The fourth-order valence-electron chi connectivity index (χ4n) is 2.83. The first kappa shape index (κ1) is 21.6. The molecule has 1 amide bonds. The van der Waals surface area contributed by atoms with Gasteiger partial charge in [-0.3, -0.25) is 9.59 Å². The Morgan fingerprint density at radius 1 is 0.742 bits per heavy atom. The highest BCUT2D eigenvalue weighted by Gasteiger charge is 2.14. The van der Waals surface area contributed by atoms with Crippen LogP contribution in [0, 0.1) is 0 Å². The first-order chi connectivity index (χ1) is 15.0. The Balaban J connectivity index is 1.65. The molecule has 0 spiro atoms. The number of ether oxygens (including phenoxy) is 3. The molecule has 0 saturated carbocycles. The smallest absolute Gasteiger partial charge is 0.338 e. The van der Waals surface area contributed by atoms with Crippen LogP contribution in [0.3, 0.4) is 0 Å². The lowest BCUT2D eigenvalue weighted by atomic mass is 10.1. The summed E-state index contributed by atoms with van der Waals surface area (Å²) in [4.78, 5) is 37.0. The third kappa shape index (κ3) is 5.48. The van der Waals surface area contributed by atoms with Crippen LogP contribution in [-0.2, 0) is 4.74 Å². The molecule has 7 heteroatoms. The van der Waals surface area contributed by atoms with E-state index in [4.69, 9.17) is 14.2 Å². The van der Waals surface area contributed by atoms with Gasteiger partial charge in [-0.15, -0.1) is 0 Å². The molecule has 31 heavy (non-hydrogen) atoms. The number of Topliss-reactive ketones (excluding diaryl/α,β-unsaturated/α-hetero) is 1. The molecule has 0 aliphatic heterocycles. The van der Waals surface area contributed by atoms with Gasteiger partial charge in [-0.2, -0.15) is 0 Å². The number of carbonyl (C=O) groups excluding carboxylic acids is 3. The highest BCUT2D eigenvalue weighted by atomic mass is 16.5. The number of benzene rings is 3. The van der Waals surface area contributed by atoms with Gasteiger partial charge in [-0.1, -0.05) is 36.4 Å². The number of hydrogen-bond acceptors (Lipinski definition) is 6. The van der Waals surface area contributed by atoms with Crippen molar-refractivity contribution in [2.45, 2.75) is 0 Å². The minimum Gasteiger partial charge on any atom is -0.493 e. The molecular weight excluding hydrogens is 398 g/mol. The molecule has 0 saturated heterocycles. The van der Waals surface area contributed by atoms with Gasteiger partial charge in [-0.05, 0) is 36.4 Å². The Kier molecular flexibility index (Phi) is 7.01. The first-order valence-electron chi connectivity index (χ1n) is 9.40. The van der Waals surface area contributed by atoms with Gasteiger partial charge in [-0.25, -0.2) is 4.79 Å². The van der Waals surface area contributed by atoms with Gasteiger partial charge in [0.15, 0.2) is 23.9 Å². The van der Waals surface area contributed by atoms with E-state index in [1.807, 2.05) is 0 Å². The number of rotatable bonds is 8. The zero-order valence-electron chi connectivity index (χ0n) is 17.1. The molecule has 0 aromatic heterocycles. The van der Waals surface area contributed by atoms with Gasteiger partial charge in [0.2, 0.25) is 0 Å². The Hall–Kier alpha value is -4.13. The third-order valence-corrected chi connectivity index (χ3v) is 4.43. The van der Waals surface area contributed by atoms with Crippen molar-refractivity contribution < 1.29 is 28.6 Å². The summed E-state index contributed by atoms with van der Waals surface area (Å²) >= 11 is 0. The summed E-state index contributed by atoms with van der Waals surface area (Å²) in [5.74, 6) is -0.409. The second-order valence-electron chi connectivity index (χ2n) is 6.47. The minimum absolute atomic E-state index is 0.214. The number of methoxy groups -OCH3 is 2. The Morgan fingerprint density at radius 2 is 1.45 bits per heavy atom. The number of amides is 1. The lowest BCUT2D eigenvalue weighted by Gasteiger charge is -2.11. The quantitative estimate of drug-likeness (QED) is 0.438. The molecule has 0 heterocycles. The molecule has 7 nitrogen and oxygen atoms in total. The van der Waals surface area contributed by atoms with Crippen LogP contribution in [0.1, 0.15) is 31.1 Å². The van der Waals surface area contributed by atoms with Crippen molar-refractivity contribution in [2.24, 2.45) is 0 Å². The molecule has 3 aromatic carbocycles. The van der Waals surface area contributed by atoms with Crippen molar-refractivity contribution in [1.29, 1.82) is 0 Å². The number of nitrogens with one attached hydrogen (secondary N) is 1. The molecule has 0 aliphatic rings. The molecule has 0 fully saturated rings. The van der Waals surface area contributed by atoms with Gasteiger partial charge in [0.05, 0.1) is 19.8 Å². The highest BCUT2D eigenvalue weighted by Crippen LogP contribution is 2.28. The van der Waals surface area contributed by atoms with Crippen LogP contribution in [0.15, 0.2) is 72.8 Å². The van der Waals surface area contributed by atoms with Crippen molar-refractivity contribution in [2.75, 3.05) is 26.1 Å². The van der Waals surface area contributed by atoms with Crippen LogP contribution in [0.5, 0.6) is 11.5 Å². The number of anilines is 1. The fourth-order valence-corrected chi connectivity index (χ4v) is 2.83. The third-order valence-electron chi connectivity index (χ3n) is 4.43. The zero-order valence-corrected chi connectivity index (χ0v) is 17.1. The average molecular weight is 419 g/mol. The van der Waals surface area contributed by atoms with Gasteiger partial charge in [0.25, 0.3) is 5.91 Å². The number of esters is 1. The van der Waals surface area contributed by atoms with E-state index in [0.717, 1.165) is 0 Å². The van der Waals surface area contributed by atoms with E-state index in [0.29, 0.717) is 28.3 Å². The summed E-state index contributed by atoms with van der Waals surface area (Å²) in [6.07, 6.45) is 0. The summed E-state index contributed by atoms with van der Waals surface area (Å²) in [5, 5.41) is 2.72. The summed E-state index contributed by atoms with van der Waals surface area (Å²) in [6.45, 7) is -0.370. The molecule has 1 N–H and O–H groups in total. The summed E-state index contributed by atoms with van der Waals surface area (Å²) in [6, 6.07) is 19.6. The van der Waals surface area contributed by atoms with Gasteiger partial charge < -0.3 is 19.5 Å². The predicted molar refractivity (Wildman–Crippen MR) is 115 cm³/mol. The van der Waals surface area contributed by atoms with Crippen molar-refractivity contribution in [3.05, 3.63) is 89.5 Å². The zero-order chi connectivity index (χ0) is 22.2. The molecule has 0 unspecified atom stereocenters. The first-order valence-corrected chi connectivity index (χ1v) is 9.40. The van der Waals surface area contributed by atoms with Crippen LogP contribution in [0.2, 0.25) is 0 Å². The lowest BCUT2D eigenvalue weighted by Crippen LogP contribution is -2.15. The maximum atomic E-state index is 12.6. The van der Waals surface area contributed by atoms with Crippen molar-refractivity contribution in [3.63, 3.8) is 0 Å². The van der Waals surface area contributed by atoms with Crippen molar-refractivity contribution in [3.8, 4) is 11.5 Å². The molecule has 0 bridgehead atoms. The minimum atomic E-state index is -0.661. The van der Waals surface area contributed by atoms with E-state index in [-0.39, 0.29) is 23.9 Å². The number of hydrogen-bond donors (Lipinski definition) is 1. The van der Waals surface area contributed by atoms with E-state index >= 15 is 0 Å². The largest absolute Gasteiger partial charge is 0.493 e. The lowest BCUT2D eigenvalue weighted by molar-refractivity contribution is 0.0474. The van der Waals surface area contributed by atoms with E-state index in [1.165, 1.54) is 20.3 Å². The van der Waals surface area contributed by atoms with Crippen molar-refractivity contribution in [1.82, 2.24) is 0 Å². The highest BCUT2D eigenvalue weighted by molar-refractivity contribution is 6.05. The molecule has 158 valence electrons. The SMILES string of the molecule is COc1ccc(C(=O)Nc2cccc(C(=O)OCC(=O)c3ccccc3)c2)cc1OC. The Morgan fingerprint density at radius 3 is 2.16 bits per heavy atom. The van der Waals surface area contributed by atoms with E-state index < -0.39 is 5.97 Å². The van der Waals surface area contributed by atoms with Gasteiger partial charge in [0, 0.05) is 16.8 Å². The second-order valence-corrected chi connectivity index (χ2v) is 6.47. The van der Waals surface area contributed by atoms with Crippen LogP contribution in [0.4, 0.5) is 5.69 Å². The molecule has 3 aromatic rings. The maximum Gasteiger partial charge on any atom is 0.338 e. The maximum absolute atomic E-state index is 12.6. The second kappa shape index (κ2) is 10.1. The normalized spacial score (nSPS) is 10.1. The van der Waals surface area contributed by atoms with Crippen LogP contribution in [-0.4, -0.2) is 38.5 Å². The summed E-state index contributed by atoms with van der Waals surface area (Å²) < 4.78 is 15.5. The fraction of sp³-hybridized carbons (Fsp3) is 0.125. The standard InChI is InChI=1S/C24H21NO6/c1-29-21-12-11-17(14-22(21)30-2)23(27)25-19-10-6-9-18(13-19)24(28)31-15-20(26)16-7-4-3-5-8-16/h3-14H,15H2,1-2H3,(H,25,27). The molecule has 0 radical (unpaired) electrons. The van der Waals surface area contributed by atoms with Gasteiger partial charge >= 0.3 is 5.97 Å². The average Bonchev–Trinajstić information content (AvgIpc) is 2.82. The number of ketones is 1. The number of carbonyl (C=O) groups is 3. The Bertz CT molecular complexity index is 1090. The van der Waals surface area contributed by atoms with Crippen molar-refractivity contribution >= 4 is 23.3 Å². The molecule has 0 aliphatic carbocycles. The van der Waals surface area contributed by atoms with Crippen LogP contribution < -0.4 is 14.8 Å². The summed E-state index contributed by atoms with van der Waals surface area (Å²) in [7, 11) is 2.99. The van der Waals surface area contributed by atoms with Crippen LogP contribution >= 0.6 is 0 Å². The van der Waals surface area contributed by atoms with E-state index in [1.54, 1.807) is 66.7 Å². The van der Waals surface area contributed by atoms with Gasteiger partial charge in [0.1, 0.15) is 0 Å². The van der Waals surface area contributed by atoms with E-state index in [2.05, 4.69) is 5.32 Å². The Labute approximate surface area is 179 Å². The molecule has 3 rings (SSSR count). The monoisotopic (exact) mass is 419 g/mol. The van der Waals surface area contributed by atoms with E-state index in [9.17, 15) is 14.4 Å². The molecule has 0 atom stereocenters. The topological polar surface area (TPSA) is 90.9 Å². The van der Waals surface area contributed by atoms with Crippen LogP contribution in [0.25, 0.3) is 0 Å².